The molecule has 3 aromatic heterocycles. The molecule has 0 amide bonds. The van der Waals surface area contributed by atoms with Gasteiger partial charge in [-0.15, -0.1) is 0 Å². The second kappa shape index (κ2) is 5.88. The number of nitrogens with one attached hydrogen (secondary N) is 1. The van der Waals surface area contributed by atoms with Crippen molar-refractivity contribution in [2.75, 3.05) is 24.5 Å². The van der Waals surface area contributed by atoms with Gasteiger partial charge in [-0.3, -0.25) is 9.88 Å². The fraction of sp³-hybridized carbons (Fsp3) is 0.368. The summed E-state index contributed by atoms with van der Waals surface area (Å²) in [7, 11) is 0. The molecule has 1 N–H and O–H groups in total. The molecule has 132 valence electrons. The summed E-state index contributed by atoms with van der Waals surface area (Å²) in [6.07, 6.45) is 10.3. The van der Waals surface area contributed by atoms with Crippen molar-refractivity contribution in [1.82, 2.24) is 24.8 Å². The van der Waals surface area contributed by atoms with Crippen LogP contribution in [0.25, 0.3) is 11.0 Å². The summed E-state index contributed by atoms with van der Waals surface area (Å²) in [5.41, 5.74) is 1.94. The lowest BCUT2D eigenvalue weighted by atomic mass is 10.0. The predicted molar refractivity (Wildman–Crippen MR) is 97.8 cm³/mol. The van der Waals surface area contributed by atoms with Gasteiger partial charge in [0, 0.05) is 43.8 Å². The van der Waals surface area contributed by atoms with E-state index in [2.05, 4.69) is 29.7 Å². The van der Waals surface area contributed by atoms with E-state index in [1.807, 2.05) is 24.4 Å². The Kier molecular flexibility index (Phi) is 3.49. The van der Waals surface area contributed by atoms with Gasteiger partial charge in [-0.25, -0.2) is 9.97 Å². The Morgan fingerprint density at radius 2 is 2.00 bits per heavy atom. The molecule has 2 aliphatic rings. The summed E-state index contributed by atoms with van der Waals surface area (Å²) in [5, 5.41) is 1.05. The first-order valence-electron chi connectivity index (χ1n) is 8.96. The van der Waals surface area contributed by atoms with E-state index in [4.69, 9.17) is 0 Å². The highest BCUT2D eigenvalue weighted by Crippen LogP contribution is 2.48. The van der Waals surface area contributed by atoms with E-state index >= 15 is 0 Å². The number of piperazine rings is 1. The van der Waals surface area contributed by atoms with Crippen LogP contribution in [-0.4, -0.2) is 56.3 Å². The highest BCUT2D eigenvalue weighted by atomic mass is 16.1. The van der Waals surface area contributed by atoms with E-state index in [9.17, 15) is 4.79 Å². The molecule has 5 rings (SSSR count). The van der Waals surface area contributed by atoms with Crippen LogP contribution in [-0.2, 0) is 4.79 Å². The third-order valence-corrected chi connectivity index (χ3v) is 5.68. The van der Waals surface area contributed by atoms with Crippen molar-refractivity contribution in [3.05, 3.63) is 48.7 Å². The number of hydrogen-bond donors (Lipinski definition) is 1. The Morgan fingerprint density at radius 3 is 2.77 bits per heavy atom. The van der Waals surface area contributed by atoms with Crippen molar-refractivity contribution in [1.29, 1.82) is 0 Å². The van der Waals surface area contributed by atoms with Crippen molar-refractivity contribution in [2.45, 2.75) is 24.4 Å². The number of aromatic nitrogens is 4. The van der Waals surface area contributed by atoms with E-state index in [1.54, 1.807) is 18.7 Å². The first kappa shape index (κ1) is 15.5. The highest BCUT2D eigenvalue weighted by molar-refractivity contribution is 5.87. The van der Waals surface area contributed by atoms with Gasteiger partial charge in [0.15, 0.2) is 0 Å². The molecule has 0 aromatic carbocycles. The number of fused-ring (bicyclic) bond motifs is 1. The first-order valence-corrected chi connectivity index (χ1v) is 8.96. The minimum Gasteiger partial charge on any atom is -0.353 e. The van der Waals surface area contributed by atoms with Crippen molar-refractivity contribution < 1.29 is 4.79 Å². The summed E-state index contributed by atoms with van der Waals surface area (Å²) in [6, 6.07) is 5.70. The van der Waals surface area contributed by atoms with Crippen LogP contribution in [0.3, 0.4) is 0 Å². The van der Waals surface area contributed by atoms with Crippen LogP contribution in [0.5, 0.6) is 0 Å². The number of nitrogens with zero attached hydrogens (tertiary/aromatic N) is 5. The maximum absolute atomic E-state index is 11.9. The third kappa shape index (κ3) is 2.39. The van der Waals surface area contributed by atoms with E-state index in [0.29, 0.717) is 0 Å². The molecular weight excluding hydrogens is 328 g/mol. The first-order chi connectivity index (χ1) is 12.8. The van der Waals surface area contributed by atoms with Crippen LogP contribution < -0.4 is 4.90 Å². The minimum absolute atomic E-state index is 0.0562. The Balaban J connectivity index is 1.44. The lowest BCUT2D eigenvalue weighted by Crippen LogP contribution is -2.56. The molecule has 0 bridgehead atoms. The highest BCUT2D eigenvalue weighted by Gasteiger charge is 2.53. The largest absolute Gasteiger partial charge is 0.353 e. The lowest BCUT2D eigenvalue weighted by molar-refractivity contribution is -0.114. The minimum atomic E-state index is -0.208. The zero-order chi connectivity index (χ0) is 17.6. The topological polar surface area (TPSA) is 78.0 Å². The van der Waals surface area contributed by atoms with Gasteiger partial charge in [0.2, 0.25) is 0 Å². The van der Waals surface area contributed by atoms with E-state index in [0.717, 1.165) is 61.2 Å². The SMILES string of the molecule is O=CC(c1ccncc1)N1CCN(c2ncnc3[nH]ccc23)CC12CC2. The van der Waals surface area contributed by atoms with Gasteiger partial charge in [-0.2, -0.15) is 0 Å². The molecule has 1 unspecified atom stereocenters. The van der Waals surface area contributed by atoms with Crippen LogP contribution in [0.1, 0.15) is 24.4 Å². The van der Waals surface area contributed by atoms with Crippen LogP contribution in [0, 0.1) is 0 Å². The summed E-state index contributed by atoms with van der Waals surface area (Å²) in [5.74, 6) is 0.980. The van der Waals surface area contributed by atoms with Crippen molar-refractivity contribution in [3.8, 4) is 0 Å². The maximum Gasteiger partial charge on any atom is 0.142 e. The molecule has 1 saturated heterocycles. The number of aromatic amines is 1. The monoisotopic (exact) mass is 348 g/mol. The average molecular weight is 348 g/mol. The molecule has 7 nitrogen and oxygen atoms in total. The molecule has 1 aliphatic heterocycles. The number of aldehydes is 1. The summed E-state index contributed by atoms with van der Waals surface area (Å²) < 4.78 is 0. The van der Waals surface area contributed by atoms with Gasteiger partial charge in [-0.05, 0) is 36.6 Å². The molecule has 7 heteroatoms. The predicted octanol–water partition coefficient (Wildman–Crippen LogP) is 1.95. The van der Waals surface area contributed by atoms with Gasteiger partial charge in [0.25, 0.3) is 0 Å². The normalized spacial score (nSPS) is 20.4. The molecule has 3 aromatic rings. The molecule has 26 heavy (non-hydrogen) atoms. The molecule has 1 aliphatic carbocycles. The molecule has 1 spiro atoms. The van der Waals surface area contributed by atoms with Crippen molar-refractivity contribution in [2.24, 2.45) is 0 Å². The molecule has 1 saturated carbocycles. The summed E-state index contributed by atoms with van der Waals surface area (Å²) in [4.78, 5) is 32.7. The van der Waals surface area contributed by atoms with Gasteiger partial charge in [0.05, 0.1) is 11.4 Å². The number of anilines is 1. The zero-order valence-electron chi connectivity index (χ0n) is 14.4. The van der Waals surface area contributed by atoms with Crippen LogP contribution in [0.2, 0.25) is 0 Å². The maximum atomic E-state index is 11.9. The van der Waals surface area contributed by atoms with Crippen molar-refractivity contribution in [3.63, 3.8) is 0 Å². The summed E-state index contributed by atoms with van der Waals surface area (Å²) in [6.45, 7) is 2.57. The number of carbonyl (C=O) groups is 1. The summed E-state index contributed by atoms with van der Waals surface area (Å²) >= 11 is 0. The lowest BCUT2D eigenvalue weighted by Gasteiger charge is -2.45. The Hall–Kier alpha value is -2.80. The molecule has 1 atom stereocenters. The quantitative estimate of drug-likeness (QED) is 0.726. The van der Waals surface area contributed by atoms with Gasteiger partial charge in [-0.1, -0.05) is 0 Å². The van der Waals surface area contributed by atoms with Crippen molar-refractivity contribution >= 4 is 23.1 Å². The molecular formula is C19H20N6O. The second-order valence-electron chi connectivity index (χ2n) is 7.14. The molecule has 0 radical (unpaired) electrons. The van der Waals surface area contributed by atoms with E-state index in [1.165, 1.54) is 0 Å². The fourth-order valence-electron chi connectivity index (χ4n) is 4.20. The van der Waals surface area contributed by atoms with E-state index < -0.39 is 0 Å². The van der Waals surface area contributed by atoms with Crippen LogP contribution in [0.4, 0.5) is 5.82 Å². The number of carbonyl (C=O) groups excluding carboxylic acids is 1. The number of pyridine rings is 1. The number of H-pyrrole nitrogens is 1. The molecule has 4 heterocycles. The Morgan fingerprint density at radius 1 is 1.15 bits per heavy atom. The van der Waals surface area contributed by atoms with Gasteiger partial charge < -0.3 is 14.7 Å². The van der Waals surface area contributed by atoms with Crippen LogP contribution in [0.15, 0.2) is 43.1 Å². The Bertz CT molecular complexity index is 935. The second-order valence-corrected chi connectivity index (χ2v) is 7.14. The third-order valence-electron chi connectivity index (χ3n) is 5.68. The standard InChI is InChI=1S/C19H20N6O/c26-11-16(14-1-6-20-7-2-14)25-10-9-24(12-19(25)4-5-19)18-15-3-8-21-17(15)22-13-23-18/h1-3,6-8,11,13,16H,4-5,9-10,12H2,(H,21,22,23). The fourth-order valence-corrected chi connectivity index (χ4v) is 4.20. The number of rotatable bonds is 4. The zero-order valence-corrected chi connectivity index (χ0v) is 14.4. The van der Waals surface area contributed by atoms with Gasteiger partial charge in [0.1, 0.15) is 24.1 Å². The average Bonchev–Trinajstić information content (AvgIpc) is 3.27. The van der Waals surface area contributed by atoms with E-state index in [-0.39, 0.29) is 11.6 Å². The molecule has 2 fully saturated rings. The number of hydrogen-bond acceptors (Lipinski definition) is 6. The Labute approximate surface area is 151 Å². The smallest absolute Gasteiger partial charge is 0.142 e. The van der Waals surface area contributed by atoms with Crippen LogP contribution >= 0.6 is 0 Å². The van der Waals surface area contributed by atoms with Gasteiger partial charge >= 0.3 is 0 Å².